The lowest BCUT2D eigenvalue weighted by Gasteiger charge is -2.05. The van der Waals surface area contributed by atoms with E-state index in [2.05, 4.69) is 9.99 Å². The van der Waals surface area contributed by atoms with Gasteiger partial charge in [-0.3, -0.25) is 0 Å². The second-order valence-corrected chi connectivity index (χ2v) is 4.65. The Morgan fingerprint density at radius 2 is 1.82 bits per heavy atom. The number of benzene rings is 2. The Bertz CT molecular complexity index is 705. The van der Waals surface area contributed by atoms with Gasteiger partial charge in [-0.1, -0.05) is 22.9 Å². The van der Waals surface area contributed by atoms with E-state index in [1.165, 1.54) is 13.1 Å². The lowest BCUT2D eigenvalue weighted by Crippen LogP contribution is -2.08. The quantitative estimate of drug-likeness (QED) is 0.286. The summed E-state index contributed by atoms with van der Waals surface area (Å²) in [4.78, 5) is 27.0. The van der Waals surface area contributed by atoms with Crippen molar-refractivity contribution in [2.24, 2.45) is 5.16 Å². The van der Waals surface area contributed by atoms with Gasteiger partial charge in [0.05, 0.1) is 11.8 Å². The molecule has 5 nitrogen and oxygen atoms in total. The van der Waals surface area contributed by atoms with Crippen molar-refractivity contribution in [3.8, 4) is 5.75 Å². The molecule has 0 N–H and O–H groups in total. The first-order chi connectivity index (χ1) is 10.5. The molecule has 0 heterocycles. The predicted octanol–water partition coefficient (Wildman–Crippen LogP) is 3.11. The van der Waals surface area contributed by atoms with Gasteiger partial charge in [0.15, 0.2) is 0 Å². The number of carbonyl (C=O) groups excluding carboxylic acids is 2. The van der Waals surface area contributed by atoms with Crippen molar-refractivity contribution in [2.75, 3.05) is 0 Å². The summed E-state index contributed by atoms with van der Waals surface area (Å²) in [5, 5.41) is 3.51. The van der Waals surface area contributed by atoms with Crippen LogP contribution in [0.2, 0.25) is 0 Å². The second-order valence-electron chi connectivity index (χ2n) is 4.65. The summed E-state index contributed by atoms with van der Waals surface area (Å²) < 4.78 is 5.28. The van der Waals surface area contributed by atoms with Crippen LogP contribution in [0.5, 0.6) is 5.75 Å². The molecule has 0 atom stereocenters. The first kappa shape index (κ1) is 15.4. The highest BCUT2D eigenvalue weighted by Crippen LogP contribution is 2.14. The van der Waals surface area contributed by atoms with E-state index in [0.29, 0.717) is 11.3 Å². The minimum atomic E-state index is -0.486. The van der Waals surface area contributed by atoms with Crippen molar-refractivity contribution >= 4 is 18.2 Å². The third kappa shape index (κ3) is 4.56. The molecule has 0 spiro atoms. The fourth-order valence-electron chi connectivity index (χ4n) is 1.72. The van der Waals surface area contributed by atoms with E-state index in [-0.39, 0.29) is 0 Å². The monoisotopic (exact) mass is 297 g/mol. The summed E-state index contributed by atoms with van der Waals surface area (Å²) >= 11 is 0. The molecule has 2 aromatic rings. The van der Waals surface area contributed by atoms with E-state index in [1.807, 2.05) is 13.0 Å². The average molecular weight is 297 g/mol. The van der Waals surface area contributed by atoms with E-state index in [4.69, 9.17) is 4.74 Å². The van der Waals surface area contributed by atoms with Crippen LogP contribution in [-0.4, -0.2) is 18.2 Å². The number of rotatable bonds is 4. The second kappa shape index (κ2) is 7.17. The Kier molecular flexibility index (Phi) is 5.03. The van der Waals surface area contributed by atoms with Gasteiger partial charge in [-0.2, -0.15) is 0 Å². The summed E-state index contributed by atoms with van der Waals surface area (Å²) in [7, 11) is 0. The number of aryl methyl sites for hydroxylation is 1. The third-order valence-corrected chi connectivity index (χ3v) is 2.73. The standard InChI is InChI=1S/C17H15NO4/c1-12-4-3-5-15(10-12)17(20)21-16-8-6-14(7-9-16)11-18-22-13(2)19/h3-11H,1-2H3/b18-11-. The fraction of sp³-hybridized carbons (Fsp3) is 0.118. The molecule has 0 aliphatic carbocycles. The number of hydrogen-bond acceptors (Lipinski definition) is 5. The van der Waals surface area contributed by atoms with Gasteiger partial charge in [0.2, 0.25) is 0 Å². The van der Waals surface area contributed by atoms with Gasteiger partial charge in [-0.15, -0.1) is 0 Å². The van der Waals surface area contributed by atoms with Crippen molar-refractivity contribution in [2.45, 2.75) is 13.8 Å². The largest absolute Gasteiger partial charge is 0.423 e. The smallest absolute Gasteiger partial charge is 0.343 e. The lowest BCUT2D eigenvalue weighted by atomic mass is 10.1. The van der Waals surface area contributed by atoms with E-state index in [9.17, 15) is 9.59 Å². The molecule has 2 aromatic carbocycles. The van der Waals surface area contributed by atoms with Crippen LogP contribution in [0.4, 0.5) is 0 Å². The zero-order chi connectivity index (χ0) is 15.9. The Labute approximate surface area is 128 Å². The number of nitrogens with zero attached hydrogens (tertiary/aromatic N) is 1. The van der Waals surface area contributed by atoms with Gasteiger partial charge in [-0.25, -0.2) is 9.59 Å². The van der Waals surface area contributed by atoms with E-state index in [0.717, 1.165) is 11.1 Å². The van der Waals surface area contributed by atoms with Crippen LogP contribution in [0.3, 0.4) is 0 Å². The van der Waals surface area contributed by atoms with Gasteiger partial charge in [0, 0.05) is 6.92 Å². The molecule has 112 valence electrons. The Hall–Kier alpha value is -2.95. The summed E-state index contributed by atoms with van der Waals surface area (Å²) in [5.74, 6) is -0.471. The van der Waals surface area contributed by atoms with Crippen molar-refractivity contribution in [3.05, 3.63) is 65.2 Å². The molecule has 0 bridgehead atoms. The molecule has 22 heavy (non-hydrogen) atoms. The predicted molar refractivity (Wildman–Crippen MR) is 81.9 cm³/mol. The molecule has 0 saturated carbocycles. The van der Waals surface area contributed by atoms with Crippen LogP contribution in [0.25, 0.3) is 0 Å². The molecule has 2 rings (SSSR count). The van der Waals surface area contributed by atoms with Crippen LogP contribution in [0.15, 0.2) is 53.7 Å². The minimum absolute atomic E-state index is 0.412. The maximum absolute atomic E-state index is 12.0. The molecule has 0 fully saturated rings. The summed E-state index contributed by atoms with van der Waals surface area (Å²) in [5.41, 5.74) is 2.21. The molecule has 0 radical (unpaired) electrons. The summed E-state index contributed by atoms with van der Waals surface area (Å²) in [6.07, 6.45) is 1.40. The number of carbonyl (C=O) groups is 2. The Morgan fingerprint density at radius 1 is 1.09 bits per heavy atom. The highest BCUT2D eigenvalue weighted by Gasteiger charge is 2.08. The van der Waals surface area contributed by atoms with E-state index in [1.54, 1.807) is 42.5 Å². The topological polar surface area (TPSA) is 65.0 Å². The van der Waals surface area contributed by atoms with E-state index >= 15 is 0 Å². The van der Waals surface area contributed by atoms with E-state index < -0.39 is 11.9 Å². The molecule has 0 aliphatic rings. The Balaban J connectivity index is 2.00. The van der Waals surface area contributed by atoms with Crippen LogP contribution in [-0.2, 0) is 9.63 Å². The minimum Gasteiger partial charge on any atom is -0.423 e. The summed E-state index contributed by atoms with van der Waals surface area (Å²) in [6, 6.07) is 13.9. The SMILES string of the molecule is CC(=O)O/N=C\c1ccc(OC(=O)c2cccc(C)c2)cc1. The summed E-state index contributed by atoms with van der Waals surface area (Å²) in [6.45, 7) is 3.18. The molecule has 0 saturated heterocycles. The highest BCUT2D eigenvalue weighted by atomic mass is 16.7. The number of hydrogen-bond donors (Lipinski definition) is 0. The molecular formula is C17H15NO4. The maximum Gasteiger partial charge on any atom is 0.343 e. The molecule has 0 aromatic heterocycles. The van der Waals surface area contributed by atoms with Gasteiger partial charge in [-0.05, 0) is 48.9 Å². The van der Waals surface area contributed by atoms with Gasteiger partial charge in [0.1, 0.15) is 5.75 Å². The van der Waals surface area contributed by atoms with Crippen LogP contribution < -0.4 is 4.74 Å². The number of ether oxygens (including phenoxy) is 1. The fourth-order valence-corrected chi connectivity index (χ4v) is 1.72. The maximum atomic E-state index is 12.0. The first-order valence-electron chi connectivity index (χ1n) is 6.64. The molecule has 5 heteroatoms. The molecule has 0 amide bonds. The van der Waals surface area contributed by atoms with Crippen molar-refractivity contribution in [1.29, 1.82) is 0 Å². The first-order valence-corrected chi connectivity index (χ1v) is 6.64. The number of esters is 1. The van der Waals surface area contributed by atoms with Crippen LogP contribution in [0, 0.1) is 6.92 Å². The van der Waals surface area contributed by atoms with Crippen LogP contribution >= 0.6 is 0 Å². The van der Waals surface area contributed by atoms with Gasteiger partial charge >= 0.3 is 11.9 Å². The van der Waals surface area contributed by atoms with Crippen molar-refractivity contribution in [1.82, 2.24) is 0 Å². The lowest BCUT2D eigenvalue weighted by molar-refractivity contribution is -0.140. The van der Waals surface area contributed by atoms with Gasteiger partial charge < -0.3 is 9.57 Å². The number of oxime groups is 1. The Morgan fingerprint density at radius 3 is 2.45 bits per heavy atom. The zero-order valence-electron chi connectivity index (χ0n) is 12.3. The normalized spacial score (nSPS) is 10.5. The average Bonchev–Trinajstić information content (AvgIpc) is 2.48. The zero-order valence-corrected chi connectivity index (χ0v) is 12.3. The van der Waals surface area contributed by atoms with Crippen molar-refractivity contribution in [3.63, 3.8) is 0 Å². The highest BCUT2D eigenvalue weighted by molar-refractivity contribution is 5.91. The molecule has 0 unspecified atom stereocenters. The molecular weight excluding hydrogens is 282 g/mol. The molecule has 0 aliphatic heterocycles. The third-order valence-electron chi connectivity index (χ3n) is 2.73. The van der Waals surface area contributed by atoms with Crippen molar-refractivity contribution < 1.29 is 19.2 Å². The van der Waals surface area contributed by atoms with Crippen LogP contribution in [0.1, 0.15) is 28.4 Å². The van der Waals surface area contributed by atoms with Gasteiger partial charge in [0.25, 0.3) is 0 Å².